The van der Waals surface area contributed by atoms with Gasteiger partial charge < -0.3 is 16.0 Å². The van der Waals surface area contributed by atoms with Gasteiger partial charge in [-0.15, -0.1) is 24.0 Å². The Morgan fingerprint density at radius 2 is 2.00 bits per heavy atom. The number of nitrogens with zero attached hydrogens (tertiary/aromatic N) is 2. The molecular formula is C16H22IN5. The van der Waals surface area contributed by atoms with Crippen LogP contribution in [0.25, 0.3) is 11.3 Å². The molecule has 0 aliphatic heterocycles. The summed E-state index contributed by atoms with van der Waals surface area (Å²) in [6.07, 6.45) is 6.78. The number of guanidine groups is 1. The van der Waals surface area contributed by atoms with Gasteiger partial charge in [0.1, 0.15) is 12.4 Å². The topological polar surface area (TPSA) is 79.1 Å². The summed E-state index contributed by atoms with van der Waals surface area (Å²) in [5.74, 6) is 1.34. The molecule has 0 unspecified atom stereocenters. The number of imidazole rings is 1. The smallest absolute Gasteiger partial charge is 0.189 e. The Hall–Kier alpha value is -1.57. The van der Waals surface area contributed by atoms with E-state index in [0.717, 1.165) is 17.1 Å². The minimum atomic E-state index is 0. The van der Waals surface area contributed by atoms with Gasteiger partial charge in [-0.2, -0.15) is 0 Å². The van der Waals surface area contributed by atoms with Gasteiger partial charge in [0, 0.05) is 6.04 Å². The van der Waals surface area contributed by atoms with Crippen molar-refractivity contribution in [3.8, 4) is 11.3 Å². The number of hydrogen-bond donors (Lipinski definition) is 3. The maximum absolute atomic E-state index is 5.92. The summed E-state index contributed by atoms with van der Waals surface area (Å²) in [5.41, 5.74) is 8.04. The van der Waals surface area contributed by atoms with E-state index >= 15 is 0 Å². The van der Waals surface area contributed by atoms with Crippen molar-refractivity contribution in [3.63, 3.8) is 0 Å². The van der Waals surface area contributed by atoms with Crippen LogP contribution in [0.15, 0.2) is 41.5 Å². The number of benzene rings is 1. The van der Waals surface area contributed by atoms with Crippen molar-refractivity contribution in [2.45, 2.75) is 38.3 Å². The van der Waals surface area contributed by atoms with Crippen molar-refractivity contribution in [2.75, 3.05) is 0 Å². The highest BCUT2D eigenvalue weighted by atomic mass is 127. The first-order valence-corrected chi connectivity index (χ1v) is 7.47. The van der Waals surface area contributed by atoms with E-state index in [0.29, 0.717) is 18.5 Å². The third-order valence-corrected chi connectivity index (χ3v) is 3.82. The maximum Gasteiger partial charge on any atom is 0.189 e. The van der Waals surface area contributed by atoms with Crippen LogP contribution in [0.5, 0.6) is 0 Å². The zero-order chi connectivity index (χ0) is 14.5. The normalized spacial score (nSPS) is 15.5. The molecule has 0 bridgehead atoms. The lowest BCUT2D eigenvalue weighted by molar-refractivity contribution is 0.625. The van der Waals surface area contributed by atoms with Gasteiger partial charge in [0.05, 0.1) is 11.9 Å². The van der Waals surface area contributed by atoms with Crippen molar-refractivity contribution in [1.29, 1.82) is 0 Å². The third kappa shape index (κ3) is 4.46. The van der Waals surface area contributed by atoms with Gasteiger partial charge in [-0.1, -0.05) is 43.2 Å². The monoisotopic (exact) mass is 411 g/mol. The molecule has 4 N–H and O–H groups in total. The third-order valence-electron chi connectivity index (χ3n) is 3.82. The molecule has 3 rings (SSSR count). The summed E-state index contributed by atoms with van der Waals surface area (Å²) >= 11 is 0. The molecule has 1 saturated carbocycles. The SMILES string of the molecule is I.NC(=NCc1ncc(-c2ccccc2)[nH]1)NC1CCCC1. The Morgan fingerprint density at radius 1 is 1.27 bits per heavy atom. The highest BCUT2D eigenvalue weighted by Gasteiger charge is 2.14. The first-order chi connectivity index (χ1) is 10.3. The van der Waals surface area contributed by atoms with Crippen molar-refractivity contribution in [1.82, 2.24) is 15.3 Å². The number of nitrogens with two attached hydrogens (primary N) is 1. The largest absolute Gasteiger partial charge is 0.370 e. The number of hydrogen-bond acceptors (Lipinski definition) is 2. The predicted molar refractivity (Wildman–Crippen MR) is 100 cm³/mol. The molecule has 1 aromatic heterocycles. The van der Waals surface area contributed by atoms with Crippen LogP contribution < -0.4 is 11.1 Å². The fraction of sp³-hybridized carbons (Fsp3) is 0.375. The van der Waals surface area contributed by atoms with Gasteiger partial charge in [-0.05, 0) is 18.4 Å². The summed E-state index contributed by atoms with van der Waals surface area (Å²) < 4.78 is 0. The lowest BCUT2D eigenvalue weighted by Gasteiger charge is -2.11. The van der Waals surface area contributed by atoms with Gasteiger partial charge >= 0.3 is 0 Å². The van der Waals surface area contributed by atoms with Gasteiger partial charge in [-0.3, -0.25) is 0 Å². The van der Waals surface area contributed by atoms with Gasteiger partial charge in [0.25, 0.3) is 0 Å². The number of aromatic amines is 1. The summed E-state index contributed by atoms with van der Waals surface area (Å²) in [4.78, 5) is 12.0. The van der Waals surface area contributed by atoms with Crippen LogP contribution in [0, 0.1) is 0 Å². The van der Waals surface area contributed by atoms with E-state index in [9.17, 15) is 0 Å². The zero-order valence-electron chi connectivity index (χ0n) is 12.5. The minimum Gasteiger partial charge on any atom is -0.370 e. The second-order valence-electron chi connectivity index (χ2n) is 5.44. The molecular weight excluding hydrogens is 389 g/mol. The molecule has 22 heavy (non-hydrogen) atoms. The second-order valence-corrected chi connectivity index (χ2v) is 5.44. The molecule has 0 amide bonds. The van der Waals surface area contributed by atoms with E-state index in [1.54, 1.807) is 0 Å². The van der Waals surface area contributed by atoms with Gasteiger partial charge in [0.15, 0.2) is 5.96 Å². The first-order valence-electron chi connectivity index (χ1n) is 7.47. The molecule has 118 valence electrons. The molecule has 0 atom stereocenters. The standard InChI is InChI=1S/C16H21N5.HI/c17-16(20-13-8-4-5-9-13)19-11-15-18-10-14(21-15)12-6-2-1-3-7-12;/h1-3,6-7,10,13H,4-5,8-9,11H2,(H,18,21)(H3,17,19,20);1H. The lowest BCUT2D eigenvalue weighted by Crippen LogP contribution is -2.38. The van der Waals surface area contributed by atoms with E-state index in [-0.39, 0.29) is 24.0 Å². The van der Waals surface area contributed by atoms with Crippen LogP contribution in [-0.4, -0.2) is 22.0 Å². The predicted octanol–water partition coefficient (Wildman–Crippen LogP) is 3.04. The van der Waals surface area contributed by atoms with Crippen LogP contribution >= 0.6 is 24.0 Å². The molecule has 0 radical (unpaired) electrons. The number of aromatic nitrogens is 2. The van der Waals surface area contributed by atoms with Crippen LogP contribution in [0.1, 0.15) is 31.5 Å². The highest BCUT2D eigenvalue weighted by Crippen LogP contribution is 2.18. The van der Waals surface area contributed by atoms with Gasteiger partial charge in [-0.25, -0.2) is 9.98 Å². The Kier molecular flexibility index (Phi) is 6.23. The lowest BCUT2D eigenvalue weighted by atomic mass is 10.2. The number of halogens is 1. The number of H-pyrrole nitrogens is 1. The molecule has 2 aromatic rings. The average molecular weight is 411 g/mol. The molecule has 6 heteroatoms. The molecule has 1 heterocycles. The van der Waals surface area contributed by atoms with Crippen molar-refractivity contribution >= 4 is 29.9 Å². The van der Waals surface area contributed by atoms with Crippen molar-refractivity contribution < 1.29 is 0 Å². The fourth-order valence-electron chi connectivity index (χ4n) is 2.69. The van der Waals surface area contributed by atoms with Crippen LogP contribution in [0.4, 0.5) is 0 Å². The van der Waals surface area contributed by atoms with Crippen LogP contribution in [-0.2, 0) is 6.54 Å². The molecule has 1 aliphatic carbocycles. The Balaban J connectivity index is 0.00000176. The van der Waals surface area contributed by atoms with Crippen molar-refractivity contribution in [3.05, 3.63) is 42.4 Å². The molecule has 1 aliphatic rings. The molecule has 0 spiro atoms. The van der Waals surface area contributed by atoms with E-state index < -0.39 is 0 Å². The molecule has 5 nitrogen and oxygen atoms in total. The highest BCUT2D eigenvalue weighted by molar-refractivity contribution is 14.0. The maximum atomic E-state index is 5.92. The van der Waals surface area contributed by atoms with E-state index in [2.05, 4.69) is 32.4 Å². The van der Waals surface area contributed by atoms with E-state index in [4.69, 9.17) is 5.73 Å². The van der Waals surface area contributed by atoms with E-state index in [1.165, 1.54) is 25.7 Å². The first kappa shape index (κ1) is 16.8. The molecule has 1 aromatic carbocycles. The number of nitrogens with one attached hydrogen (secondary N) is 2. The quantitative estimate of drug-likeness (QED) is 0.411. The van der Waals surface area contributed by atoms with E-state index in [1.807, 2.05) is 24.4 Å². The summed E-state index contributed by atoms with van der Waals surface area (Å²) in [6.45, 7) is 0.471. The van der Waals surface area contributed by atoms with Crippen LogP contribution in [0.3, 0.4) is 0 Å². The van der Waals surface area contributed by atoms with Gasteiger partial charge in [0.2, 0.25) is 0 Å². The molecule has 1 fully saturated rings. The Bertz CT molecular complexity index is 602. The average Bonchev–Trinajstić information content (AvgIpc) is 3.17. The Morgan fingerprint density at radius 3 is 2.73 bits per heavy atom. The van der Waals surface area contributed by atoms with Crippen molar-refractivity contribution in [2.24, 2.45) is 10.7 Å². The number of aliphatic imine (C=N–C) groups is 1. The fourth-order valence-corrected chi connectivity index (χ4v) is 2.69. The summed E-state index contributed by atoms with van der Waals surface area (Å²) in [7, 11) is 0. The summed E-state index contributed by atoms with van der Waals surface area (Å²) in [5, 5.41) is 3.27. The second kappa shape index (κ2) is 8.17. The number of rotatable bonds is 4. The van der Waals surface area contributed by atoms with Crippen LogP contribution in [0.2, 0.25) is 0 Å². The molecule has 0 saturated heterocycles. The Labute approximate surface area is 147 Å². The summed E-state index contributed by atoms with van der Waals surface area (Å²) in [6, 6.07) is 10.6. The zero-order valence-corrected chi connectivity index (χ0v) is 14.8. The minimum absolute atomic E-state index is 0.